The number of hydrogen-bond donors (Lipinski definition) is 0. The van der Waals surface area contributed by atoms with Gasteiger partial charge in [-0.25, -0.2) is 0 Å². The van der Waals surface area contributed by atoms with Gasteiger partial charge in [0.1, 0.15) is 6.61 Å². The first-order valence-corrected chi connectivity index (χ1v) is 4.54. The van der Waals surface area contributed by atoms with Crippen molar-refractivity contribution in [2.45, 2.75) is 6.61 Å². The molecule has 0 saturated carbocycles. The van der Waals surface area contributed by atoms with Gasteiger partial charge >= 0.3 is 0 Å². The van der Waals surface area contributed by atoms with Gasteiger partial charge in [-0.3, -0.25) is 0 Å². The van der Waals surface area contributed by atoms with E-state index in [9.17, 15) is 0 Å². The van der Waals surface area contributed by atoms with Crippen LogP contribution < -0.4 is 9.47 Å². The highest BCUT2D eigenvalue weighted by Gasteiger charge is 2.03. The minimum absolute atomic E-state index is 0.314. The average Bonchev–Trinajstić information content (AvgIpc) is 2.29. The highest BCUT2D eigenvalue weighted by molar-refractivity contribution is 5.42. The molecule has 3 heteroatoms. The topological polar surface area (TPSA) is 27.7 Å². The molecule has 0 aliphatic rings. The average molecular weight is 206 g/mol. The molecular weight excluding hydrogens is 192 g/mol. The zero-order valence-corrected chi connectivity index (χ0v) is 8.95. The van der Waals surface area contributed by atoms with Gasteiger partial charge in [-0.1, -0.05) is 12.0 Å². The van der Waals surface area contributed by atoms with Crippen molar-refractivity contribution >= 4 is 0 Å². The molecule has 0 unspecified atom stereocenters. The van der Waals surface area contributed by atoms with Crippen LogP contribution in [0.4, 0.5) is 0 Å². The summed E-state index contributed by atoms with van der Waals surface area (Å²) >= 11 is 0. The second kappa shape index (κ2) is 5.94. The first kappa shape index (κ1) is 11.4. The monoisotopic (exact) mass is 206 g/mol. The highest BCUT2D eigenvalue weighted by Crippen LogP contribution is 2.27. The van der Waals surface area contributed by atoms with Gasteiger partial charge < -0.3 is 14.2 Å². The standard InChI is InChI=1S/C12H14O3/c1-4-7-15-9-10-5-6-11(13-2)12(8-10)14-3/h1,5-6,8H,7,9H2,2-3H3. The van der Waals surface area contributed by atoms with Crippen LogP contribution in [0.25, 0.3) is 0 Å². The number of benzene rings is 1. The van der Waals surface area contributed by atoms with Crippen molar-refractivity contribution in [3.05, 3.63) is 23.8 Å². The molecule has 0 aromatic heterocycles. The van der Waals surface area contributed by atoms with E-state index in [1.807, 2.05) is 18.2 Å². The van der Waals surface area contributed by atoms with E-state index >= 15 is 0 Å². The second-order valence-electron chi connectivity index (χ2n) is 2.89. The lowest BCUT2D eigenvalue weighted by Gasteiger charge is -2.09. The molecule has 1 aromatic rings. The Bertz CT molecular complexity index is 352. The molecule has 15 heavy (non-hydrogen) atoms. The first-order valence-electron chi connectivity index (χ1n) is 4.54. The minimum atomic E-state index is 0.314. The Morgan fingerprint density at radius 1 is 1.20 bits per heavy atom. The summed E-state index contributed by atoms with van der Waals surface area (Å²) in [6.45, 7) is 0.791. The Hall–Kier alpha value is -1.66. The molecule has 0 atom stereocenters. The van der Waals surface area contributed by atoms with E-state index in [2.05, 4.69) is 5.92 Å². The number of hydrogen-bond acceptors (Lipinski definition) is 3. The van der Waals surface area contributed by atoms with Gasteiger partial charge in [0.2, 0.25) is 0 Å². The molecule has 1 rings (SSSR count). The Balaban J connectivity index is 2.71. The number of methoxy groups -OCH3 is 2. The third-order valence-corrected chi connectivity index (χ3v) is 1.90. The van der Waals surface area contributed by atoms with Crippen LogP contribution in [0.15, 0.2) is 18.2 Å². The summed E-state index contributed by atoms with van der Waals surface area (Å²) in [4.78, 5) is 0. The fourth-order valence-corrected chi connectivity index (χ4v) is 1.20. The lowest BCUT2D eigenvalue weighted by Crippen LogP contribution is -1.95. The van der Waals surface area contributed by atoms with Crippen LogP contribution in [0.2, 0.25) is 0 Å². The van der Waals surface area contributed by atoms with Gasteiger partial charge in [0.25, 0.3) is 0 Å². The van der Waals surface area contributed by atoms with Crippen molar-refractivity contribution in [3.8, 4) is 23.8 Å². The molecule has 0 heterocycles. The lowest BCUT2D eigenvalue weighted by atomic mass is 10.2. The molecule has 0 bridgehead atoms. The smallest absolute Gasteiger partial charge is 0.161 e. The van der Waals surface area contributed by atoms with Crippen molar-refractivity contribution < 1.29 is 14.2 Å². The molecule has 0 aliphatic carbocycles. The number of rotatable bonds is 5. The van der Waals surface area contributed by atoms with E-state index in [-0.39, 0.29) is 0 Å². The Kier molecular flexibility index (Phi) is 4.52. The molecule has 0 radical (unpaired) electrons. The minimum Gasteiger partial charge on any atom is -0.493 e. The normalized spacial score (nSPS) is 9.40. The van der Waals surface area contributed by atoms with Gasteiger partial charge in [0, 0.05) is 0 Å². The van der Waals surface area contributed by atoms with E-state index in [0.29, 0.717) is 24.7 Å². The third-order valence-electron chi connectivity index (χ3n) is 1.90. The molecule has 0 aliphatic heterocycles. The molecule has 3 nitrogen and oxygen atoms in total. The van der Waals surface area contributed by atoms with Gasteiger partial charge in [-0.2, -0.15) is 0 Å². The molecule has 0 spiro atoms. The van der Waals surface area contributed by atoms with Crippen molar-refractivity contribution in [2.75, 3.05) is 20.8 Å². The molecule has 0 fully saturated rings. The SMILES string of the molecule is C#CCOCc1ccc(OC)c(OC)c1. The van der Waals surface area contributed by atoms with E-state index in [0.717, 1.165) is 5.56 Å². The third kappa shape index (κ3) is 3.19. The predicted octanol–water partition coefficient (Wildman–Crippen LogP) is 1.85. The molecule has 0 N–H and O–H groups in total. The molecule has 80 valence electrons. The zero-order valence-electron chi connectivity index (χ0n) is 8.95. The maximum Gasteiger partial charge on any atom is 0.161 e. The van der Waals surface area contributed by atoms with Gasteiger partial charge in [-0.05, 0) is 17.7 Å². The van der Waals surface area contributed by atoms with E-state index in [4.69, 9.17) is 20.6 Å². The summed E-state index contributed by atoms with van der Waals surface area (Å²) in [7, 11) is 3.20. The Morgan fingerprint density at radius 3 is 2.53 bits per heavy atom. The Morgan fingerprint density at radius 2 is 1.93 bits per heavy atom. The van der Waals surface area contributed by atoms with Crippen LogP contribution in [0.3, 0.4) is 0 Å². The summed E-state index contributed by atoms with van der Waals surface area (Å²) in [5.41, 5.74) is 1.00. The van der Waals surface area contributed by atoms with Crippen molar-refractivity contribution in [2.24, 2.45) is 0 Å². The van der Waals surface area contributed by atoms with Crippen LogP contribution in [0.5, 0.6) is 11.5 Å². The van der Waals surface area contributed by atoms with Crippen LogP contribution in [-0.2, 0) is 11.3 Å². The highest BCUT2D eigenvalue weighted by atomic mass is 16.5. The van der Waals surface area contributed by atoms with E-state index < -0.39 is 0 Å². The molecule has 0 amide bonds. The van der Waals surface area contributed by atoms with Crippen molar-refractivity contribution in [1.29, 1.82) is 0 Å². The van der Waals surface area contributed by atoms with Gasteiger partial charge in [0.05, 0.1) is 20.8 Å². The predicted molar refractivity (Wildman–Crippen MR) is 58.0 cm³/mol. The second-order valence-corrected chi connectivity index (χ2v) is 2.89. The summed E-state index contributed by atoms with van der Waals surface area (Å²) in [6.07, 6.45) is 5.07. The largest absolute Gasteiger partial charge is 0.493 e. The maximum atomic E-state index is 5.21. The summed E-state index contributed by atoms with van der Waals surface area (Å²) in [5, 5.41) is 0. The zero-order chi connectivity index (χ0) is 11.1. The van der Waals surface area contributed by atoms with Crippen LogP contribution in [0.1, 0.15) is 5.56 Å². The van der Waals surface area contributed by atoms with Crippen LogP contribution >= 0.6 is 0 Å². The lowest BCUT2D eigenvalue weighted by molar-refractivity contribution is 0.153. The Labute approximate surface area is 90.0 Å². The first-order chi connectivity index (χ1) is 7.31. The van der Waals surface area contributed by atoms with E-state index in [1.165, 1.54) is 0 Å². The quantitative estimate of drug-likeness (QED) is 0.543. The molecular formula is C12H14O3. The van der Waals surface area contributed by atoms with Crippen LogP contribution in [-0.4, -0.2) is 20.8 Å². The van der Waals surface area contributed by atoms with E-state index in [1.54, 1.807) is 14.2 Å². The molecule has 1 aromatic carbocycles. The van der Waals surface area contributed by atoms with Crippen LogP contribution in [0, 0.1) is 12.3 Å². The number of terminal acetylenes is 1. The van der Waals surface area contributed by atoms with Crippen molar-refractivity contribution in [3.63, 3.8) is 0 Å². The fraction of sp³-hybridized carbons (Fsp3) is 0.333. The fourth-order valence-electron chi connectivity index (χ4n) is 1.20. The van der Waals surface area contributed by atoms with Gasteiger partial charge in [0.15, 0.2) is 11.5 Å². The summed E-state index contributed by atoms with van der Waals surface area (Å²) in [5.74, 6) is 3.81. The summed E-state index contributed by atoms with van der Waals surface area (Å²) in [6, 6.07) is 5.63. The molecule has 0 saturated heterocycles. The van der Waals surface area contributed by atoms with Gasteiger partial charge in [-0.15, -0.1) is 6.42 Å². The maximum absolute atomic E-state index is 5.21. The number of ether oxygens (including phenoxy) is 3. The van der Waals surface area contributed by atoms with Crippen molar-refractivity contribution in [1.82, 2.24) is 0 Å². The summed E-state index contributed by atoms with van der Waals surface area (Å²) < 4.78 is 15.5.